The minimum Gasteiger partial charge on any atom is -0.0622 e. The average Bonchev–Trinajstić information content (AvgIpc) is 2.75. The van der Waals surface area contributed by atoms with Crippen LogP contribution in [0.1, 0.15) is 22.3 Å². The molecule has 2 unspecified atom stereocenters. The van der Waals surface area contributed by atoms with Gasteiger partial charge < -0.3 is 0 Å². The lowest BCUT2D eigenvalue weighted by Crippen LogP contribution is -2.19. The summed E-state index contributed by atoms with van der Waals surface area (Å²) in [5, 5.41) is 1.53. The summed E-state index contributed by atoms with van der Waals surface area (Å²) in [7, 11) is -0.390. The zero-order chi connectivity index (χ0) is 18.1. The van der Waals surface area contributed by atoms with Crippen molar-refractivity contribution in [3.63, 3.8) is 0 Å². The van der Waals surface area contributed by atoms with Crippen molar-refractivity contribution in [2.45, 2.75) is 11.8 Å². The second-order valence-electron chi connectivity index (χ2n) is 7.03. The fourth-order valence-electron chi connectivity index (χ4n) is 4.19. The molecule has 0 fully saturated rings. The minimum absolute atomic E-state index is 0.390. The molecule has 0 saturated heterocycles. The van der Waals surface area contributed by atoms with Crippen LogP contribution >= 0.6 is 7.92 Å². The number of rotatable bonds is 3. The third-order valence-corrected chi connectivity index (χ3v) is 8.30. The fourth-order valence-corrected chi connectivity index (χ4v) is 7.30. The Hall–Kier alpha value is -2.69. The first-order chi connectivity index (χ1) is 13.4. The lowest BCUT2D eigenvalue weighted by Gasteiger charge is -2.36. The smallest absolute Gasteiger partial charge is 0.0341 e. The van der Waals surface area contributed by atoms with Gasteiger partial charge in [-0.1, -0.05) is 117 Å². The van der Waals surface area contributed by atoms with E-state index in [-0.39, 0.29) is 0 Å². The molecule has 1 heterocycles. The molecular formula is C26H21P. The van der Waals surface area contributed by atoms with E-state index in [0.717, 1.165) is 6.16 Å². The molecule has 0 nitrogen and oxygen atoms in total. The first kappa shape index (κ1) is 16.5. The summed E-state index contributed by atoms with van der Waals surface area (Å²) in [5.74, 6) is 0. The van der Waals surface area contributed by atoms with E-state index >= 15 is 0 Å². The van der Waals surface area contributed by atoms with Crippen molar-refractivity contribution in [3.8, 4) is 11.1 Å². The molecule has 0 aromatic heterocycles. The van der Waals surface area contributed by atoms with Gasteiger partial charge in [0.05, 0.1) is 0 Å². The van der Waals surface area contributed by atoms with Crippen molar-refractivity contribution < 1.29 is 0 Å². The van der Waals surface area contributed by atoms with E-state index in [9.17, 15) is 0 Å². The predicted molar refractivity (Wildman–Crippen MR) is 117 cm³/mol. The number of hydrogen-bond acceptors (Lipinski definition) is 0. The lowest BCUT2D eigenvalue weighted by molar-refractivity contribution is 1.12. The number of benzene rings is 4. The van der Waals surface area contributed by atoms with E-state index in [0.29, 0.717) is 5.66 Å². The summed E-state index contributed by atoms with van der Waals surface area (Å²) in [5.41, 5.74) is 7.59. The van der Waals surface area contributed by atoms with Gasteiger partial charge in [-0.15, -0.1) is 0 Å². The predicted octanol–water partition coefficient (Wildman–Crippen LogP) is 6.76. The lowest BCUT2D eigenvalue weighted by atomic mass is 9.94. The van der Waals surface area contributed by atoms with Crippen molar-refractivity contribution in [2.24, 2.45) is 0 Å². The van der Waals surface area contributed by atoms with Gasteiger partial charge in [-0.05, 0) is 39.3 Å². The molecule has 0 spiro atoms. The Morgan fingerprint density at radius 1 is 0.556 bits per heavy atom. The summed E-state index contributed by atoms with van der Waals surface area (Å²) in [6.45, 7) is 0. The van der Waals surface area contributed by atoms with E-state index in [1.54, 1.807) is 0 Å². The Bertz CT molecular complexity index is 1050. The van der Waals surface area contributed by atoms with Crippen molar-refractivity contribution in [1.29, 1.82) is 0 Å². The summed E-state index contributed by atoms with van der Waals surface area (Å²) in [4.78, 5) is 0. The standard InChI is InChI=1S/C26H21P/c1-3-11-20(12-4-1)19-27-25-18-10-9-16-23(25)22-15-7-8-17-24(22)26(27)21-13-5-2-6-14-21/h1-18,26H,19H2. The molecule has 1 heteroatoms. The maximum Gasteiger partial charge on any atom is 0.0341 e. The first-order valence-corrected chi connectivity index (χ1v) is 11.1. The van der Waals surface area contributed by atoms with Crippen molar-refractivity contribution in [1.82, 2.24) is 0 Å². The first-order valence-electron chi connectivity index (χ1n) is 9.46. The zero-order valence-electron chi connectivity index (χ0n) is 15.1. The van der Waals surface area contributed by atoms with Crippen LogP contribution in [0.3, 0.4) is 0 Å². The Morgan fingerprint density at radius 2 is 1.15 bits per heavy atom. The van der Waals surface area contributed by atoms with Crippen molar-refractivity contribution in [3.05, 3.63) is 126 Å². The second-order valence-corrected chi connectivity index (χ2v) is 9.29. The zero-order valence-corrected chi connectivity index (χ0v) is 16.0. The summed E-state index contributed by atoms with van der Waals surface area (Å²) >= 11 is 0. The Labute approximate surface area is 162 Å². The highest BCUT2D eigenvalue weighted by molar-refractivity contribution is 7.66. The molecule has 0 aliphatic carbocycles. The molecule has 0 radical (unpaired) electrons. The van der Waals surface area contributed by atoms with Crippen LogP contribution in [-0.2, 0) is 6.16 Å². The van der Waals surface area contributed by atoms with Gasteiger partial charge in [0.25, 0.3) is 0 Å². The van der Waals surface area contributed by atoms with Crippen LogP contribution in [0.4, 0.5) is 0 Å². The molecule has 2 atom stereocenters. The van der Waals surface area contributed by atoms with Crippen LogP contribution < -0.4 is 5.30 Å². The maximum atomic E-state index is 2.36. The van der Waals surface area contributed by atoms with Gasteiger partial charge >= 0.3 is 0 Å². The van der Waals surface area contributed by atoms with E-state index < -0.39 is 7.92 Å². The minimum atomic E-state index is -0.390. The molecule has 0 N–H and O–H groups in total. The Balaban J connectivity index is 1.73. The highest BCUT2D eigenvalue weighted by Crippen LogP contribution is 2.61. The fraction of sp³-hybridized carbons (Fsp3) is 0.0769. The molecule has 1 aliphatic heterocycles. The van der Waals surface area contributed by atoms with E-state index in [2.05, 4.69) is 109 Å². The Morgan fingerprint density at radius 3 is 1.93 bits per heavy atom. The van der Waals surface area contributed by atoms with Gasteiger partial charge in [0.15, 0.2) is 0 Å². The molecule has 4 aromatic carbocycles. The van der Waals surface area contributed by atoms with E-state index in [1.807, 2.05) is 0 Å². The molecule has 5 rings (SSSR count). The molecule has 0 amide bonds. The molecule has 1 aliphatic rings. The van der Waals surface area contributed by atoms with Gasteiger partial charge in [0, 0.05) is 5.66 Å². The SMILES string of the molecule is c1ccc(CP2c3ccccc3-c3ccccc3C2c2ccccc2)cc1. The molecule has 0 saturated carbocycles. The van der Waals surface area contributed by atoms with Crippen LogP contribution in [-0.4, -0.2) is 0 Å². The molecule has 4 aromatic rings. The quantitative estimate of drug-likeness (QED) is 0.352. The largest absolute Gasteiger partial charge is 0.0622 e. The Kier molecular flexibility index (Phi) is 4.36. The highest BCUT2D eigenvalue weighted by atomic mass is 31.1. The highest BCUT2D eigenvalue weighted by Gasteiger charge is 2.34. The summed E-state index contributed by atoms with van der Waals surface area (Å²) in [6.07, 6.45) is 1.11. The normalized spacial score (nSPS) is 17.8. The van der Waals surface area contributed by atoms with Crippen molar-refractivity contribution in [2.75, 3.05) is 0 Å². The van der Waals surface area contributed by atoms with Crippen LogP contribution in [0.2, 0.25) is 0 Å². The van der Waals surface area contributed by atoms with Gasteiger partial charge in [0.1, 0.15) is 0 Å². The van der Waals surface area contributed by atoms with Gasteiger partial charge in [-0.2, -0.15) is 0 Å². The van der Waals surface area contributed by atoms with Gasteiger partial charge in [0.2, 0.25) is 0 Å². The molecular weight excluding hydrogens is 343 g/mol. The number of hydrogen-bond donors (Lipinski definition) is 0. The van der Waals surface area contributed by atoms with Gasteiger partial charge in [-0.25, -0.2) is 0 Å². The van der Waals surface area contributed by atoms with Crippen LogP contribution in [0, 0.1) is 0 Å². The third kappa shape index (κ3) is 3.01. The summed E-state index contributed by atoms with van der Waals surface area (Å²) < 4.78 is 0. The molecule has 0 bridgehead atoms. The number of fused-ring (bicyclic) bond motifs is 3. The van der Waals surface area contributed by atoms with Crippen LogP contribution in [0.25, 0.3) is 11.1 Å². The van der Waals surface area contributed by atoms with Crippen LogP contribution in [0.15, 0.2) is 109 Å². The third-order valence-electron chi connectivity index (χ3n) is 5.38. The molecule has 130 valence electrons. The maximum absolute atomic E-state index is 2.36. The summed E-state index contributed by atoms with van der Waals surface area (Å²) in [6, 6.07) is 40.1. The second kappa shape index (κ2) is 7.14. The average molecular weight is 364 g/mol. The molecule has 27 heavy (non-hydrogen) atoms. The van der Waals surface area contributed by atoms with E-state index in [4.69, 9.17) is 0 Å². The van der Waals surface area contributed by atoms with Crippen LogP contribution in [0.5, 0.6) is 0 Å². The topological polar surface area (TPSA) is 0 Å². The van der Waals surface area contributed by atoms with E-state index in [1.165, 1.54) is 33.1 Å². The van der Waals surface area contributed by atoms with Gasteiger partial charge in [-0.3, -0.25) is 0 Å². The van der Waals surface area contributed by atoms with Crippen molar-refractivity contribution >= 4 is 13.2 Å². The monoisotopic (exact) mass is 364 g/mol.